The summed E-state index contributed by atoms with van der Waals surface area (Å²) in [7, 11) is 0. The fourth-order valence-corrected chi connectivity index (χ4v) is 4.73. The molecule has 156 valence electrons. The molecule has 1 aliphatic heterocycles. The number of imidazole rings is 1. The minimum absolute atomic E-state index is 0.0749. The summed E-state index contributed by atoms with van der Waals surface area (Å²) in [6, 6.07) is 23.6. The number of benzene rings is 3. The maximum absolute atomic E-state index is 13.5. The lowest BCUT2D eigenvalue weighted by Gasteiger charge is -2.28. The Bertz CT molecular complexity index is 1340. The van der Waals surface area contributed by atoms with Crippen molar-refractivity contribution in [2.45, 2.75) is 6.04 Å². The maximum atomic E-state index is 13.5. The number of allylic oxidation sites excluding steroid dienone is 2. The molecular weight excluding hydrogens is 398 g/mol. The molecule has 3 unspecified atom stereocenters. The van der Waals surface area contributed by atoms with Gasteiger partial charge in [-0.05, 0) is 48.0 Å². The first-order valence-electron chi connectivity index (χ1n) is 10.7. The van der Waals surface area contributed by atoms with E-state index in [0.29, 0.717) is 0 Å². The fraction of sp³-hybridized carbons (Fsp3) is 0.111. The molecule has 1 aliphatic carbocycles. The number of H-pyrrole nitrogens is 1. The fourth-order valence-electron chi connectivity index (χ4n) is 4.73. The number of carbonyl (C=O) groups is 1. The Morgan fingerprint density at radius 2 is 1.66 bits per heavy atom. The summed E-state index contributed by atoms with van der Waals surface area (Å²) in [5, 5.41) is 0. The third kappa shape index (κ3) is 3.10. The van der Waals surface area contributed by atoms with E-state index in [0.717, 1.165) is 33.8 Å². The molecule has 1 fully saturated rings. The number of carbonyl (C=O) groups excluding carboxylic acids is 1. The van der Waals surface area contributed by atoms with Crippen LogP contribution >= 0.6 is 0 Å². The molecule has 0 radical (unpaired) electrons. The van der Waals surface area contributed by atoms with Crippen molar-refractivity contribution in [1.29, 1.82) is 0 Å². The molecule has 2 heterocycles. The van der Waals surface area contributed by atoms with Gasteiger partial charge in [0.1, 0.15) is 11.5 Å². The molecule has 3 aromatic carbocycles. The summed E-state index contributed by atoms with van der Waals surface area (Å²) in [5.41, 5.74) is 3.76. The number of aromatic nitrogens is 2. The largest absolute Gasteiger partial charge is 0.457 e. The first kappa shape index (κ1) is 18.6. The van der Waals surface area contributed by atoms with Gasteiger partial charge < -0.3 is 14.6 Å². The minimum atomic E-state index is -0.164. The van der Waals surface area contributed by atoms with Crippen molar-refractivity contribution in [2.24, 2.45) is 11.8 Å². The van der Waals surface area contributed by atoms with Gasteiger partial charge in [0.05, 0.1) is 29.3 Å². The Labute approximate surface area is 185 Å². The van der Waals surface area contributed by atoms with E-state index < -0.39 is 0 Å². The van der Waals surface area contributed by atoms with Crippen LogP contribution < -0.4 is 9.64 Å². The molecule has 5 nitrogen and oxygen atoms in total. The number of ether oxygens (including phenoxy) is 1. The summed E-state index contributed by atoms with van der Waals surface area (Å²) in [4.78, 5) is 22.9. The second-order valence-corrected chi connectivity index (χ2v) is 8.11. The molecular formula is C27H21N3O2. The molecule has 1 amide bonds. The first-order valence-corrected chi connectivity index (χ1v) is 10.7. The van der Waals surface area contributed by atoms with Gasteiger partial charge in [-0.15, -0.1) is 0 Å². The molecule has 1 saturated heterocycles. The van der Waals surface area contributed by atoms with Crippen molar-refractivity contribution in [3.8, 4) is 11.5 Å². The van der Waals surface area contributed by atoms with Crippen LogP contribution in [0.15, 0.2) is 103 Å². The van der Waals surface area contributed by atoms with Crippen molar-refractivity contribution < 1.29 is 9.53 Å². The van der Waals surface area contributed by atoms with Crippen molar-refractivity contribution in [2.75, 3.05) is 4.90 Å². The van der Waals surface area contributed by atoms with Gasteiger partial charge in [-0.3, -0.25) is 4.79 Å². The summed E-state index contributed by atoms with van der Waals surface area (Å²) >= 11 is 0. The lowest BCUT2D eigenvalue weighted by atomic mass is 9.84. The van der Waals surface area contributed by atoms with Crippen LogP contribution in [0.25, 0.3) is 11.0 Å². The van der Waals surface area contributed by atoms with Gasteiger partial charge in [-0.1, -0.05) is 54.6 Å². The number of nitrogens with one attached hydrogen (secondary N) is 1. The van der Waals surface area contributed by atoms with Gasteiger partial charge >= 0.3 is 0 Å². The average molecular weight is 419 g/mol. The Balaban J connectivity index is 1.38. The molecule has 0 spiro atoms. The highest BCUT2D eigenvalue weighted by Gasteiger charge is 2.47. The molecule has 1 aromatic heterocycles. The molecule has 5 heteroatoms. The SMILES string of the molecule is O=C1C2C=CC=CC2C(c2ccc(Oc3ccccc3)cc2)N1c1ccc2nc[nH]c2c1. The maximum Gasteiger partial charge on any atom is 0.235 e. The normalized spacial score (nSPS) is 21.8. The molecule has 32 heavy (non-hydrogen) atoms. The molecule has 1 N–H and O–H groups in total. The van der Waals surface area contributed by atoms with Crippen molar-refractivity contribution in [3.05, 3.63) is 109 Å². The van der Waals surface area contributed by atoms with Gasteiger partial charge in [0.2, 0.25) is 5.91 Å². The molecule has 6 rings (SSSR count). The standard InChI is InChI=1S/C27H21N3O2/c31-27-23-9-5-4-8-22(23)26(30(27)19-12-15-24-25(16-19)29-17-28-24)18-10-13-21(14-11-18)32-20-6-2-1-3-7-20/h1-17,22-23,26H,(H,28,29). The summed E-state index contributed by atoms with van der Waals surface area (Å²) in [6.07, 6.45) is 9.84. The zero-order valence-electron chi connectivity index (χ0n) is 17.3. The number of anilines is 1. The third-order valence-corrected chi connectivity index (χ3v) is 6.23. The summed E-state index contributed by atoms with van der Waals surface area (Å²) < 4.78 is 5.96. The highest BCUT2D eigenvalue weighted by atomic mass is 16.5. The summed E-state index contributed by atoms with van der Waals surface area (Å²) in [5.74, 6) is 1.59. The topological polar surface area (TPSA) is 58.2 Å². The smallest absolute Gasteiger partial charge is 0.235 e. The number of amides is 1. The molecule has 0 bridgehead atoms. The third-order valence-electron chi connectivity index (χ3n) is 6.23. The minimum Gasteiger partial charge on any atom is -0.457 e. The number of para-hydroxylation sites is 1. The van der Waals surface area contributed by atoms with Crippen molar-refractivity contribution >= 4 is 22.6 Å². The Hall–Kier alpha value is -4.12. The van der Waals surface area contributed by atoms with E-state index in [2.05, 4.69) is 28.2 Å². The van der Waals surface area contributed by atoms with Crippen molar-refractivity contribution in [3.63, 3.8) is 0 Å². The van der Waals surface area contributed by atoms with Gasteiger partial charge in [0.25, 0.3) is 0 Å². The van der Waals surface area contributed by atoms with Crippen molar-refractivity contribution in [1.82, 2.24) is 9.97 Å². The lowest BCUT2D eigenvalue weighted by Crippen LogP contribution is -2.29. The number of hydrogen-bond acceptors (Lipinski definition) is 3. The van der Waals surface area contributed by atoms with E-state index in [9.17, 15) is 4.79 Å². The number of rotatable bonds is 4. The number of aromatic amines is 1. The highest BCUT2D eigenvalue weighted by Crippen LogP contribution is 2.47. The number of nitrogens with zero attached hydrogens (tertiary/aromatic N) is 2. The van der Waals surface area contributed by atoms with Crippen LogP contribution in [0.2, 0.25) is 0 Å². The second kappa shape index (κ2) is 7.54. The van der Waals surface area contributed by atoms with Gasteiger partial charge in [-0.2, -0.15) is 0 Å². The van der Waals surface area contributed by atoms with E-state index in [4.69, 9.17) is 4.74 Å². The van der Waals surface area contributed by atoms with Crippen LogP contribution in [0.1, 0.15) is 11.6 Å². The Kier molecular flexibility index (Phi) is 4.39. The zero-order valence-corrected chi connectivity index (χ0v) is 17.3. The van der Waals surface area contributed by atoms with E-state index in [1.54, 1.807) is 6.33 Å². The Morgan fingerprint density at radius 3 is 2.50 bits per heavy atom. The molecule has 3 atom stereocenters. The first-order chi connectivity index (χ1) is 15.8. The lowest BCUT2D eigenvalue weighted by molar-refractivity contribution is -0.119. The van der Waals surface area contributed by atoms with E-state index >= 15 is 0 Å². The van der Waals surface area contributed by atoms with E-state index in [1.807, 2.05) is 83.8 Å². The van der Waals surface area contributed by atoms with Crippen LogP contribution in [-0.4, -0.2) is 15.9 Å². The van der Waals surface area contributed by atoms with Crippen LogP contribution in [-0.2, 0) is 4.79 Å². The quantitative estimate of drug-likeness (QED) is 0.455. The number of hydrogen-bond donors (Lipinski definition) is 1. The van der Waals surface area contributed by atoms with Crippen LogP contribution in [0, 0.1) is 11.8 Å². The van der Waals surface area contributed by atoms with Crippen LogP contribution in [0.5, 0.6) is 11.5 Å². The molecule has 0 saturated carbocycles. The van der Waals surface area contributed by atoms with E-state index in [1.165, 1.54) is 0 Å². The predicted molar refractivity (Wildman–Crippen MR) is 125 cm³/mol. The molecule has 2 aliphatic rings. The van der Waals surface area contributed by atoms with E-state index in [-0.39, 0.29) is 23.8 Å². The zero-order chi connectivity index (χ0) is 21.5. The summed E-state index contributed by atoms with van der Waals surface area (Å²) in [6.45, 7) is 0. The monoisotopic (exact) mass is 419 g/mol. The number of fused-ring (bicyclic) bond motifs is 2. The predicted octanol–water partition coefficient (Wildman–Crippen LogP) is 5.80. The average Bonchev–Trinajstić information content (AvgIpc) is 3.42. The Morgan fingerprint density at radius 1 is 0.875 bits per heavy atom. The van der Waals surface area contributed by atoms with Gasteiger partial charge in [0, 0.05) is 11.6 Å². The van der Waals surface area contributed by atoms with Crippen LogP contribution in [0.3, 0.4) is 0 Å². The molecule has 4 aromatic rings. The highest BCUT2D eigenvalue weighted by molar-refractivity contribution is 6.01. The van der Waals surface area contributed by atoms with Crippen LogP contribution in [0.4, 0.5) is 5.69 Å². The van der Waals surface area contributed by atoms with Gasteiger partial charge in [0.15, 0.2) is 0 Å². The second-order valence-electron chi connectivity index (χ2n) is 8.11. The van der Waals surface area contributed by atoms with Gasteiger partial charge in [-0.25, -0.2) is 4.98 Å².